The van der Waals surface area contributed by atoms with Crippen LogP contribution in [0.4, 0.5) is 5.95 Å². The summed E-state index contributed by atoms with van der Waals surface area (Å²) in [5.74, 6) is 1.81. The van der Waals surface area contributed by atoms with Crippen LogP contribution in [0.15, 0.2) is 36.7 Å². The van der Waals surface area contributed by atoms with Gasteiger partial charge < -0.3 is 19.4 Å². The molecule has 1 aromatic heterocycles. The Bertz CT molecular complexity index is 553. The standard InChI is InChI=1S/C14H17N3O2/c1-18-9-7-16-14-15-6-8-17(14)12-10-19-13-5-3-2-4-11(12)13/h2-6,8,12H,7,9-10H2,1H3,(H,15,16). The van der Waals surface area contributed by atoms with Gasteiger partial charge in [0.15, 0.2) is 0 Å². The average molecular weight is 259 g/mol. The Balaban J connectivity index is 1.82. The molecule has 0 radical (unpaired) electrons. The third-order valence-electron chi connectivity index (χ3n) is 3.27. The predicted molar refractivity (Wildman–Crippen MR) is 72.7 cm³/mol. The van der Waals surface area contributed by atoms with Crippen LogP contribution in [0.1, 0.15) is 11.6 Å². The van der Waals surface area contributed by atoms with Crippen LogP contribution < -0.4 is 10.1 Å². The molecule has 1 N–H and O–H groups in total. The van der Waals surface area contributed by atoms with Crippen molar-refractivity contribution in [1.82, 2.24) is 9.55 Å². The fourth-order valence-corrected chi connectivity index (χ4v) is 2.34. The number of anilines is 1. The van der Waals surface area contributed by atoms with E-state index in [2.05, 4.69) is 20.9 Å². The Hall–Kier alpha value is -2.01. The maximum Gasteiger partial charge on any atom is 0.203 e. The van der Waals surface area contributed by atoms with E-state index in [0.29, 0.717) is 13.2 Å². The van der Waals surface area contributed by atoms with Gasteiger partial charge in [0, 0.05) is 31.6 Å². The molecule has 3 rings (SSSR count). The average Bonchev–Trinajstić information content (AvgIpc) is 3.04. The monoisotopic (exact) mass is 259 g/mol. The van der Waals surface area contributed by atoms with Crippen molar-refractivity contribution in [1.29, 1.82) is 0 Å². The van der Waals surface area contributed by atoms with Crippen molar-refractivity contribution >= 4 is 5.95 Å². The molecule has 1 aliphatic heterocycles. The van der Waals surface area contributed by atoms with Gasteiger partial charge in [0.2, 0.25) is 5.95 Å². The second-order valence-corrected chi connectivity index (χ2v) is 4.44. The third kappa shape index (κ3) is 2.29. The molecule has 19 heavy (non-hydrogen) atoms. The highest BCUT2D eigenvalue weighted by Crippen LogP contribution is 2.35. The third-order valence-corrected chi connectivity index (χ3v) is 3.27. The summed E-state index contributed by atoms with van der Waals surface area (Å²) < 4.78 is 12.9. The number of ether oxygens (including phenoxy) is 2. The molecule has 2 aromatic rings. The summed E-state index contributed by atoms with van der Waals surface area (Å²) in [6, 6.07) is 8.32. The minimum Gasteiger partial charge on any atom is -0.491 e. The van der Waals surface area contributed by atoms with Crippen molar-refractivity contribution in [2.24, 2.45) is 0 Å². The summed E-state index contributed by atoms with van der Waals surface area (Å²) in [6.45, 7) is 2.04. The van der Waals surface area contributed by atoms with E-state index in [1.54, 1.807) is 13.3 Å². The van der Waals surface area contributed by atoms with E-state index in [0.717, 1.165) is 18.2 Å². The zero-order valence-corrected chi connectivity index (χ0v) is 10.9. The minimum atomic E-state index is 0.184. The smallest absolute Gasteiger partial charge is 0.203 e. The topological polar surface area (TPSA) is 48.3 Å². The van der Waals surface area contributed by atoms with Crippen LogP contribution in [0.2, 0.25) is 0 Å². The van der Waals surface area contributed by atoms with Crippen molar-refractivity contribution in [3.63, 3.8) is 0 Å². The maximum absolute atomic E-state index is 5.71. The summed E-state index contributed by atoms with van der Waals surface area (Å²) in [6.07, 6.45) is 3.78. The molecule has 0 saturated heterocycles. The number of benzene rings is 1. The number of nitrogens with zero attached hydrogens (tertiary/aromatic N) is 2. The lowest BCUT2D eigenvalue weighted by atomic mass is 10.1. The number of rotatable bonds is 5. The first-order chi connectivity index (χ1) is 9.40. The Morgan fingerprint density at radius 2 is 2.37 bits per heavy atom. The van der Waals surface area contributed by atoms with Crippen molar-refractivity contribution in [3.8, 4) is 5.75 Å². The first-order valence-electron chi connectivity index (χ1n) is 6.37. The van der Waals surface area contributed by atoms with Crippen LogP contribution in [0.25, 0.3) is 0 Å². The molecule has 1 unspecified atom stereocenters. The minimum absolute atomic E-state index is 0.184. The highest BCUT2D eigenvalue weighted by molar-refractivity contribution is 5.42. The molecule has 100 valence electrons. The highest BCUT2D eigenvalue weighted by atomic mass is 16.5. The van der Waals surface area contributed by atoms with E-state index in [1.165, 1.54) is 5.56 Å². The van der Waals surface area contributed by atoms with Gasteiger partial charge in [-0.3, -0.25) is 0 Å². The number of nitrogens with one attached hydrogen (secondary N) is 1. The van der Waals surface area contributed by atoms with E-state index in [1.807, 2.05) is 24.4 Å². The van der Waals surface area contributed by atoms with Gasteiger partial charge in [-0.05, 0) is 6.07 Å². The van der Waals surface area contributed by atoms with Crippen LogP contribution in [-0.2, 0) is 4.74 Å². The van der Waals surface area contributed by atoms with Gasteiger partial charge in [0.05, 0.1) is 12.6 Å². The number of aromatic nitrogens is 2. The molecule has 1 aliphatic rings. The fraction of sp³-hybridized carbons (Fsp3) is 0.357. The Kier molecular flexibility index (Phi) is 3.37. The van der Waals surface area contributed by atoms with Gasteiger partial charge in [-0.1, -0.05) is 18.2 Å². The van der Waals surface area contributed by atoms with E-state index >= 15 is 0 Å². The largest absolute Gasteiger partial charge is 0.491 e. The number of imidazole rings is 1. The number of para-hydroxylation sites is 1. The molecule has 1 atom stereocenters. The summed E-state index contributed by atoms with van der Waals surface area (Å²) in [5.41, 5.74) is 1.20. The molecule has 2 heterocycles. The van der Waals surface area contributed by atoms with E-state index in [-0.39, 0.29) is 6.04 Å². The molecule has 0 amide bonds. The summed E-state index contributed by atoms with van der Waals surface area (Å²) in [4.78, 5) is 4.35. The highest BCUT2D eigenvalue weighted by Gasteiger charge is 2.26. The van der Waals surface area contributed by atoms with Crippen molar-refractivity contribution in [2.45, 2.75) is 6.04 Å². The van der Waals surface area contributed by atoms with Crippen LogP contribution in [0.5, 0.6) is 5.75 Å². The van der Waals surface area contributed by atoms with E-state index < -0.39 is 0 Å². The summed E-state index contributed by atoms with van der Waals surface area (Å²) in [5, 5.41) is 3.27. The van der Waals surface area contributed by atoms with E-state index in [4.69, 9.17) is 9.47 Å². The maximum atomic E-state index is 5.71. The molecular formula is C14H17N3O2. The quantitative estimate of drug-likeness (QED) is 0.833. The van der Waals surface area contributed by atoms with Crippen molar-refractivity contribution in [2.75, 3.05) is 32.2 Å². The molecule has 5 heteroatoms. The van der Waals surface area contributed by atoms with Crippen LogP contribution in [-0.4, -0.2) is 36.4 Å². The lowest BCUT2D eigenvalue weighted by Gasteiger charge is -2.15. The molecule has 5 nitrogen and oxygen atoms in total. The van der Waals surface area contributed by atoms with Gasteiger partial charge in [-0.2, -0.15) is 0 Å². The number of hydrogen-bond acceptors (Lipinski definition) is 4. The molecule has 0 saturated carbocycles. The van der Waals surface area contributed by atoms with Gasteiger partial charge in [-0.25, -0.2) is 4.98 Å². The number of hydrogen-bond donors (Lipinski definition) is 1. The number of methoxy groups -OCH3 is 1. The van der Waals surface area contributed by atoms with Crippen molar-refractivity contribution < 1.29 is 9.47 Å². The summed E-state index contributed by atoms with van der Waals surface area (Å²) in [7, 11) is 1.69. The summed E-state index contributed by atoms with van der Waals surface area (Å²) >= 11 is 0. The van der Waals surface area contributed by atoms with Gasteiger partial charge in [-0.15, -0.1) is 0 Å². The second kappa shape index (κ2) is 5.32. The fourth-order valence-electron chi connectivity index (χ4n) is 2.34. The van der Waals surface area contributed by atoms with Crippen LogP contribution in [0, 0.1) is 0 Å². The molecule has 0 fully saturated rings. The van der Waals surface area contributed by atoms with Gasteiger partial charge >= 0.3 is 0 Å². The van der Waals surface area contributed by atoms with Gasteiger partial charge in [0.1, 0.15) is 12.4 Å². The Morgan fingerprint density at radius 1 is 1.47 bits per heavy atom. The first-order valence-corrected chi connectivity index (χ1v) is 6.37. The molecule has 0 bridgehead atoms. The van der Waals surface area contributed by atoms with Gasteiger partial charge in [0.25, 0.3) is 0 Å². The molecule has 1 aromatic carbocycles. The zero-order valence-electron chi connectivity index (χ0n) is 10.9. The normalized spacial score (nSPS) is 17.0. The second-order valence-electron chi connectivity index (χ2n) is 4.44. The van der Waals surface area contributed by atoms with E-state index in [9.17, 15) is 0 Å². The predicted octanol–water partition coefficient (Wildman–Crippen LogP) is 1.92. The first kappa shape index (κ1) is 12.0. The van der Waals surface area contributed by atoms with Crippen LogP contribution in [0.3, 0.4) is 0 Å². The SMILES string of the molecule is COCCNc1nccn1C1COc2ccccc21. The van der Waals surface area contributed by atoms with Crippen LogP contribution >= 0.6 is 0 Å². The lowest BCUT2D eigenvalue weighted by Crippen LogP contribution is -2.17. The lowest BCUT2D eigenvalue weighted by molar-refractivity contribution is 0.210. The van der Waals surface area contributed by atoms with Crippen molar-refractivity contribution in [3.05, 3.63) is 42.2 Å². The molecule has 0 aliphatic carbocycles. The zero-order chi connectivity index (χ0) is 13.1. The Labute approximate surface area is 112 Å². The molecule has 0 spiro atoms. The molecular weight excluding hydrogens is 242 g/mol. The number of fused-ring (bicyclic) bond motifs is 1. The Morgan fingerprint density at radius 3 is 3.26 bits per heavy atom.